The van der Waals surface area contributed by atoms with Crippen LogP contribution in [0.25, 0.3) is 0 Å². The summed E-state index contributed by atoms with van der Waals surface area (Å²) in [5.41, 5.74) is 3.26. The van der Waals surface area contributed by atoms with Crippen LogP contribution in [0.2, 0.25) is 0 Å². The van der Waals surface area contributed by atoms with Gasteiger partial charge >= 0.3 is 0 Å². The molecule has 0 atom stereocenters. The number of hydrazone groups is 1. The molecular formula is C25H28N4O3. The van der Waals surface area contributed by atoms with Crippen LogP contribution in [0, 0.1) is 0 Å². The summed E-state index contributed by atoms with van der Waals surface area (Å²) >= 11 is 0. The minimum absolute atomic E-state index is 0.00519. The molecule has 0 aliphatic carbocycles. The third kappa shape index (κ3) is 4.88. The van der Waals surface area contributed by atoms with Crippen molar-refractivity contribution in [1.29, 1.82) is 0 Å². The zero-order valence-corrected chi connectivity index (χ0v) is 18.4. The first-order valence-electron chi connectivity index (χ1n) is 11.1. The number of piperazine rings is 1. The molecule has 0 unspecified atom stereocenters. The molecule has 0 bridgehead atoms. The van der Waals surface area contributed by atoms with Crippen molar-refractivity contribution in [2.75, 3.05) is 26.2 Å². The van der Waals surface area contributed by atoms with Gasteiger partial charge in [0.15, 0.2) is 0 Å². The number of rotatable bonds is 5. The SMILES string of the molecule is CCc1ccc(C(=O)N2CCN(C(=O)C3=NN(Cc4ccccc4)C(=O)CC3)CC2)cc1. The van der Waals surface area contributed by atoms with E-state index in [1.165, 1.54) is 10.6 Å². The summed E-state index contributed by atoms with van der Waals surface area (Å²) in [6.45, 7) is 4.34. The summed E-state index contributed by atoms with van der Waals surface area (Å²) in [5.74, 6) is -0.223. The van der Waals surface area contributed by atoms with Gasteiger partial charge in [0.25, 0.3) is 11.8 Å². The number of benzene rings is 2. The standard InChI is InChI=1S/C25H28N4O3/c1-2-19-8-10-21(11-9-19)24(31)27-14-16-28(17-15-27)25(32)22-12-13-23(30)29(26-22)18-20-6-4-3-5-7-20/h3-11H,2,12-18H2,1H3. The van der Waals surface area contributed by atoms with E-state index in [4.69, 9.17) is 0 Å². The number of amides is 3. The van der Waals surface area contributed by atoms with Gasteiger partial charge in [0, 0.05) is 44.6 Å². The van der Waals surface area contributed by atoms with Crippen molar-refractivity contribution >= 4 is 23.4 Å². The summed E-state index contributed by atoms with van der Waals surface area (Å²) in [7, 11) is 0. The Kier molecular flexibility index (Phi) is 6.63. The lowest BCUT2D eigenvalue weighted by molar-refractivity contribution is -0.132. The van der Waals surface area contributed by atoms with Crippen molar-refractivity contribution in [1.82, 2.24) is 14.8 Å². The number of hydrogen-bond donors (Lipinski definition) is 0. The first kappa shape index (κ1) is 21.7. The Morgan fingerprint density at radius 2 is 1.44 bits per heavy atom. The fraction of sp³-hybridized carbons (Fsp3) is 0.360. The molecule has 2 heterocycles. The van der Waals surface area contributed by atoms with Gasteiger partial charge < -0.3 is 9.80 Å². The molecule has 4 rings (SSSR count). The molecule has 1 saturated heterocycles. The van der Waals surface area contributed by atoms with E-state index in [-0.39, 0.29) is 24.1 Å². The Labute approximate surface area is 188 Å². The average Bonchev–Trinajstić information content (AvgIpc) is 2.85. The number of carbonyl (C=O) groups excluding carboxylic acids is 3. The Morgan fingerprint density at radius 3 is 2.06 bits per heavy atom. The fourth-order valence-corrected chi connectivity index (χ4v) is 4.00. The van der Waals surface area contributed by atoms with Crippen LogP contribution in [0.4, 0.5) is 0 Å². The maximum absolute atomic E-state index is 13.0. The smallest absolute Gasteiger partial charge is 0.270 e. The minimum atomic E-state index is -0.144. The topological polar surface area (TPSA) is 73.3 Å². The predicted octanol–water partition coefficient (Wildman–Crippen LogP) is 2.71. The molecule has 32 heavy (non-hydrogen) atoms. The highest BCUT2D eigenvalue weighted by Crippen LogP contribution is 2.16. The lowest BCUT2D eigenvalue weighted by Gasteiger charge is -2.35. The van der Waals surface area contributed by atoms with Gasteiger partial charge in [0.1, 0.15) is 5.71 Å². The molecule has 2 aromatic rings. The van der Waals surface area contributed by atoms with Crippen molar-refractivity contribution in [2.45, 2.75) is 32.7 Å². The molecule has 0 aromatic heterocycles. The lowest BCUT2D eigenvalue weighted by Crippen LogP contribution is -2.52. The van der Waals surface area contributed by atoms with Crippen LogP contribution in [0.3, 0.4) is 0 Å². The molecular weight excluding hydrogens is 404 g/mol. The lowest BCUT2D eigenvalue weighted by atomic mass is 10.1. The van der Waals surface area contributed by atoms with Gasteiger partial charge in [-0.25, -0.2) is 5.01 Å². The largest absolute Gasteiger partial charge is 0.335 e. The third-order valence-electron chi connectivity index (χ3n) is 5.99. The van der Waals surface area contributed by atoms with Crippen molar-refractivity contribution < 1.29 is 14.4 Å². The van der Waals surface area contributed by atoms with Crippen molar-refractivity contribution in [3.8, 4) is 0 Å². The molecule has 0 spiro atoms. The Morgan fingerprint density at radius 1 is 0.812 bits per heavy atom. The van der Waals surface area contributed by atoms with Gasteiger partial charge in [0.2, 0.25) is 5.91 Å². The Balaban J connectivity index is 1.36. The van der Waals surface area contributed by atoms with Gasteiger partial charge in [-0.15, -0.1) is 0 Å². The highest BCUT2D eigenvalue weighted by Gasteiger charge is 2.30. The zero-order valence-electron chi connectivity index (χ0n) is 18.4. The summed E-state index contributed by atoms with van der Waals surface area (Å²) in [5, 5.41) is 5.77. The van der Waals surface area contributed by atoms with Gasteiger partial charge in [0.05, 0.1) is 6.54 Å². The maximum atomic E-state index is 13.0. The second kappa shape index (κ2) is 9.77. The Hall–Kier alpha value is -3.48. The number of nitrogens with zero attached hydrogens (tertiary/aromatic N) is 4. The van der Waals surface area contributed by atoms with Crippen LogP contribution >= 0.6 is 0 Å². The van der Waals surface area contributed by atoms with Gasteiger partial charge in [-0.3, -0.25) is 14.4 Å². The average molecular weight is 433 g/mol. The Bertz CT molecular complexity index is 1010. The molecule has 2 aromatic carbocycles. The van der Waals surface area contributed by atoms with E-state index in [2.05, 4.69) is 12.0 Å². The van der Waals surface area contributed by atoms with E-state index < -0.39 is 0 Å². The third-order valence-corrected chi connectivity index (χ3v) is 5.99. The predicted molar refractivity (Wildman–Crippen MR) is 122 cm³/mol. The fourth-order valence-electron chi connectivity index (χ4n) is 4.00. The van der Waals surface area contributed by atoms with Crippen LogP contribution in [0.1, 0.15) is 41.3 Å². The second-order valence-electron chi connectivity index (χ2n) is 8.12. The van der Waals surface area contributed by atoms with E-state index >= 15 is 0 Å². The highest BCUT2D eigenvalue weighted by molar-refractivity contribution is 6.39. The molecule has 1 fully saturated rings. The van der Waals surface area contributed by atoms with Crippen LogP contribution in [0.15, 0.2) is 59.7 Å². The maximum Gasteiger partial charge on any atom is 0.270 e. The molecule has 3 amide bonds. The summed E-state index contributed by atoms with van der Waals surface area (Å²) in [4.78, 5) is 41.6. The van der Waals surface area contributed by atoms with E-state index in [9.17, 15) is 14.4 Å². The van der Waals surface area contributed by atoms with Crippen molar-refractivity contribution in [3.63, 3.8) is 0 Å². The van der Waals surface area contributed by atoms with E-state index in [0.29, 0.717) is 50.4 Å². The van der Waals surface area contributed by atoms with Crippen molar-refractivity contribution in [3.05, 3.63) is 71.3 Å². The van der Waals surface area contributed by atoms with Crippen LogP contribution in [-0.2, 0) is 22.6 Å². The van der Waals surface area contributed by atoms with Crippen LogP contribution in [0.5, 0.6) is 0 Å². The molecule has 0 radical (unpaired) electrons. The molecule has 7 nitrogen and oxygen atoms in total. The highest BCUT2D eigenvalue weighted by atomic mass is 16.2. The summed E-state index contributed by atoms with van der Waals surface area (Å²) in [6, 6.07) is 17.3. The molecule has 2 aliphatic heterocycles. The molecule has 0 saturated carbocycles. The van der Waals surface area contributed by atoms with E-state index in [1.807, 2.05) is 54.6 Å². The zero-order chi connectivity index (χ0) is 22.5. The number of aryl methyl sites for hydroxylation is 1. The van der Waals surface area contributed by atoms with Crippen molar-refractivity contribution in [2.24, 2.45) is 5.10 Å². The second-order valence-corrected chi connectivity index (χ2v) is 8.12. The van der Waals surface area contributed by atoms with Gasteiger partial charge in [-0.1, -0.05) is 49.4 Å². The van der Waals surface area contributed by atoms with Crippen LogP contribution in [-0.4, -0.2) is 64.4 Å². The number of hydrogen-bond acceptors (Lipinski definition) is 4. The number of carbonyl (C=O) groups is 3. The normalized spacial score (nSPS) is 16.7. The molecule has 166 valence electrons. The monoisotopic (exact) mass is 432 g/mol. The van der Waals surface area contributed by atoms with E-state index in [0.717, 1.165) is 12.0 Å². The van der Waals surface area contributed by atoms with E-state index in [1.54, 1.807) is 9.80 Å². The van der Waals surface area contributed by atoms with Gasteiger partial charge in [-0.2, -0.15) is 5.10 Å². The van der Waals surface area contributed by atoms with Crippen LogP contribution < -0.4 is 0 Å². The first-order chi connectivity index (χ1) is 15.5. The van der Waals surface area contributed by atoms with Gasteiger partial charge in [-0.05, 0) is 29.7 Å². The molecule has 7 heteroatoms. The quantitative estimate of drug-likeness (QED) is 0.729. The summed E-state index contributed by atoms with van der Waals surface area (Å²) < 4.78 is 0. The first-order valence-corrected chi connectivity index (χ1v) is 11.1. The molecule has 0 N–H and O–H groups in total. The molecule has 2 aliphatic rings. The minimum Gasteiger partial charge on any atom is -0.335 e. The summed E-state index contributed by atoms with van der Waals surface area (Å²) in [6.07, 6.45) is 1.57.